The maximum Gasteiger partial charge on any atom is 0.453 e. The summed E-state index contributed by atoms with van der Waals surface area (Å²) in [5, 5.41) is 8.16. The predicted octanol–water partition coefficient (Wildman–Crippen LogP) is 1.77. The molecule has 0 bridgehead atoms. The topological polar surface area (TPSA) is 20.2 Å². The molecule has 6 heteroatoms. The van der Waals surface area contributed by atoms with Crippen LogP contribution < -0.4 is 0 Å². The van der Waals surface area contributed by atoms with Crippen molar-refractivity contribution in [3.05, 3.63) is 6.92 Å². The molecule has 1 nitrogen and oxygen atoms in total. The number of aliphatic hydroxyl groups is 1. The minimum atomic E-state index is -5.61. The summed E-state index contributed by atoms with van der Waals surface area (Å²) in [5.74, 6) is -4.85. The highest BCUT2D eigenvalue weighted by Crippen LogP contribution is 2.38. The van der Waals surface area contributed by atoms with E-state index in [1.54, 1.807) is 0 Å². The number of alkyl halides is 5. The highest BCUT2D eigenvalue weighted by Gasteiger charge is 2.57. The summed E-state index contributed by atoms with van der Waals surface area (Å²) in [6.45, 7) is 2.61. The molecule has 67 valence electrons. The van der Waals surface area contributed by atoms with Gasteiger partial charge in [0.05, 0.1) is 6.10 Å². The van der Waals surface area contributed by atoms with E-state index in [-0.39, 0.29) is 0 Å². The summed E-state index contributed by atoms with van der Waals surface area (Å²) < 4.78 is 57.6. The molecule has 1 atom stereocenters. The first-order valence-corrected chi connectivity index (χ1v) is 2.62. The molecule has 0 saturated heterocycles. The quantitative estimate of drug-likeness (QED) is 0.637. The van der Waals surface area contributed by atoms with E-state index in [2.05, 4.69) is 6.92 Å². The van der Waals surface area contributed by atoms with Crippen LogP contribution in [0.3, 0.4) is 0 Å². The Morgan fingerprint density at radius 1 is 1.18 bits per heavy atom. The van der Waals surface area contributed by atoms with Crippen LogP contribution in [0.5, 0.6) is 0 Å². The van der Waals surface area contributed by atoms with Crippen LogP contribution in [0.2, 0.25) is 0 Å². The van der Waals surface area contributed by atoms with Crippen molar-refractivity contribution in [1.29, 1.82) is 0 Å². The van der Waals surface area contributed by atoms with E-state index >= 15 is 0 Å². The minimum absolute atomic E-state index is 1.70. The van der Waals surface area contributed by atoms with Gasteiger partial charge in [0.1, 0.15) is 0 Å². The molecule has 0 heterocycles. The summed E-state index contributed by atoms with van der Waals surface area (Å²) in [6.07, 6.45) is -9.21. The number of rotatable bonds is 2. The standard InChI is InChI=1S/C5H6F5O/c1-3(11)2-4(6,7)5(8,9)10/h3,11H,1-2H2. The molecular formula is C5H6F5O. The van der Waals surface area contributed by atoms with Gasteiger partial charge in [0.15, 0.2) is 0 Å². The third kappa shape index (κ3) is 3.00. The molecule has 1 unspecified atom stereocenters. The number of hydrogen-bond donors (Lipinski definition) is 1. The molecular weight excluding hydrogens is 171 g/mol. The number of hydrogen-bond acceptors (Lipinski definition) is 1. The van der Waals surface area contributed by atoms with Crippen LogP contribution in [0.4, 0.5) is 22.0 Å². The molecule has 1 N–H and O–H groups in total. The Labute approximate surface area is 59.8 Å². The number of halogens is 5. The van der Waals surface area contributed by atoms with Gasteiger partial charge in [-0.15, -0.1) is 0 Å². The smallest absolute Gasteiger partial charge is 0.393 e. The van der Waals surface area contributed by atoms with Gasteiger partial charge in [0, 0.05) is 6.42 Å². The Morgan fingerprint density at radius 2 is 1.55 bits per heavy atom. The fourth-order valence-corrected chi connectivity index (χ4v) is 0.412. The van der Waals surface area contributed by atoms with Crippen LogP contribution in [0, 0.1) is 6.92 Å². The van der Waals surface area contributed by atoms with Crippen molar-refractivity contribution in [2.75, 3.05) is 0 Å². The highest BCUT2D eigenvalue weighted by atomic mass is 19.4. The minimum Gasteiger partial charge on any atom is -0.393 e. The average molecular weight is 177 g/mol. The summed E-state index contributed by atoms with van der Waals surface area (Å²) >= 11 is 0. The summed E-state index contributed by atoms with van der Waals surface area (Å²) in [4.78, 5) is 0. The second-order valence-electron chi connectivity index (χ2n) is 2.06. The first-order valence-electron chi connectivity index (χ1n) is 2.62. The van der Waals surface area contributed by atoms with Crippen molar-refractivity contribution in [1.82, 2.24) is 0 Å². The lowest BCUT2D eigenvalue weighted by Gasteiger charge is -2.20. The van der Waals surface area contributed by atoms with E-state index < -0.39 is 24.6 Å². The zero-order chi connectivity index (χ0) is 9.28. The van der Waals surface area contributed by atoms with Crippen molar-refractivity contribution in [3.63, 3.8) is 0 Å². The van der Waals surface area contributed by atoms with Gasteiger partial charge >= 0.3 is 12.1 Å². The van der Waals surface area contributed by atoms with Gasteiger partial charge in [-0.05, 0) is 6.92 Å². The fraction of sp³-hybridized carbons (Fsp3) is 0.800. The predicted molar refractivity (Wildman–Crippen MR) is 27.0 cm³/mol. The lowest BCUT2D eigenvalue weighted by Crippen LogP contribution is -2.38. The molecule has 0 aliphatic rings. The van der Waals surface area contributed by atoms with E-state index in [9.17, 15) is 22.0 Å². The Balaban J connectivity index is 4.22. The molecule has 0 rings (SSSR count). The molecule has 0 aliphatic heterocycles. The fourth-order valence-electron chi connectivity index (χ4n) is 0.412. The van der Waals surface area contributed by atoms with E-state index in [4.69, 9.17) is 5.11 Å². The molecule has 0 spiro atoms. The van der Waals surface area contributed by atoms with Gasteiger partial charge in [-0.2, -0.15) is 22.0 Å². The van der Waals surface area contributed by atoms with Crippen molar-refractivity contribution >= 4 is 0 Å². The molecule has 0 aromatic carbocycles. The van der Waals surface area contributed by atoms with Crippen LogP contribution in [0.1, 0.15) is 6.42 Å². The maximum absolute atomic E-state index is 11.9. The van der Waals surface area contributed by atoms with Crippen molar-refractivity contribution < 1.29 is 27.1 Å². The molecule has 0 aromatic heterocycles. The summed E-state index contributed by atoms with van der Waals surface area (Å²) in [5.41, 5.74) is 0. The molecule has 0 fully saturated rings. The molecule has 0 saturated carbocycles. The monoisotopic (exact) mass is 177 g/mol. The van der Waals surface area contributed by atoms with Gasteiger partial charge in [0.25, 0.3) is 0 Å². The molecule has 0 aliphatic carbocycles. The summed E-state index contributed by atoms with van der Waals surface area (Å²) in [7, 11) is 0. The van der Waals surface area contributed by atoms with Crippen molar-refractivity contribution in [2.24, 2.45) is 0 Å². The molecule has 0 amide bonds. The zero-order valence-electron chi connectivity index (χ0n) is 5.33. The van der Waals surface area contributed by atoms with Gasteiger partial charge < -0.3 is 5.11 Å². The van der Waals surface area contributed by atoms with Gasteiger partial charge in [-0.25, -0.2) is 0 Å². The normalized spacial score (nSPS) is 16.6. The van der Waals surface area contributed by atoms with Crippen molar-refractivity contribution in [3.8, 4) is 0 Å². The third-order valence-electron chi connectivity index (χ3n) is 0.907. The molecule has 11 heavy (non-hydrogen) atoms. The van der Waals surface area contributed by atoms with E-state index in [0.29, 0.717) is 0 Å². The van der Waals surface area contributed by atoms with E-state index in [1.165, 1.54) is 0 Å². The second-order valence-corrected chi connectivity index (χ2v) is 2.06. The lowest BCUT2D eigenvalue weighted by molar-refractivity contribution is -0.288. The van der Waals surface area contributed by atoms with E-state index in [1.807, 2.05) is 0 Å². The Bertz CT molecular complexity index is 127. The largest absolute Gasteiger partial charge is 0.453 e. The Morgan fingerprint density at radius 3 is 1.64 bits per heavy atom. The first-order chi connectivity index (χ1) is 4.67. The lowest BCUT2D eigenvalue weighted by atomic mass is 10.1. The van der Waals surface area contributed by atoms with Gasteiger partial charge in [0.2, 0.25) is 0 Å². The molecule has 1 radical (unpaired) electrons. The van der Waals surface area contributed by atoms with Crippen molar-refractivity contribution in [2.45, 2.75) is 24.6 Å². The number of aliphatic hydroxyl groups excluding tert-OH is 1. The van der Waals surface area contributed by atoms with Gasteiger partial charge in [-0.1, -0.05) is 0 Å². The molecule has 0 aromatic rings. The van der Waals surface area contributed by atoms with Gasteiger partial charge in [-0.3, -0.25) is 0 Å². The Kier molecular flexibility index (Phi) is 2.82. The zero-order valence-corrected chi connectivity index (χ0v) is 5.33. The van der Waals surface area contributed by atoms with Crippen LogP contribution >= 0.6 is 0 Å². The maximum atomic E-state index is 11.9. The van der Waals surface area contributed by atoms with Crippen LogP contribution in [0.15, 0.2) is 0 Å². The van der Waals surface area contributed by atoms with Crippen LogP contribution in [0.25, 0.3) is 0 Å². The van der Waals surface area contributed by atoms with Crippen LogP contribution in [-0.2, 0) is 0 Å². The summed E-state index contributed by atoms with van der Waals surface area (Å²) in [6, 6.07) is 0. The third-order valence-corrected chi connectivity index (χ3v) is 0.907. The highest BCUT2D eigenvalue weighted by molar-refractivity contribution is 4.79. The van der Waals surface area contributed by atoms with E-state index in [0.717, 1.165) is 0 Å². The SMILES string of the molecule is [CH2]C(O)CC(F)(F)C(F)(F)F. The average Bonchev–Trinajstić information content (AvgIpc) is 1.56. The Hall–Kier alpha value is -0.390. The first kappa shape index (κ1) is 10.6. The van der Waals surface area contributed by atoms with Crippen LogP contribution in [-0.4, -0.2) is 23.3 Å². The second kappa shape index (κ2) is 2.92.